The SMILES string of the molecule is COc1ccc(-c2csnc2-c2cc(OC)c(OC)c(OC)c2)cc1NC(=O)[C@@H]([NH3+])Cc1cc2ccccc2[nH]1. The third-order valence-corrected chi connectivity index (χ3v) is 7.33. The number of ether oxygens (including phenoxy) is 4. The van der Waals surface area contributed by atoms with E-state index >= 15 is 0 Å². The van der Waals surface area contributed by atoms with Crippen LogP contribution in [0.15, 0.2) is 66.0 Å². The average molecular weight is 560 g/mol. The molecule has 0 aliphatic rings. The van der Waals surface area contributed by atoms with Gasteiger partial charge in [0.25, 0.3) is 5.91 Å². The Balaban J connectivity index is 1.42. The molecule has 0 radical (unpaired) electrons. The third-order valence-electron chi connectivity index (χ3n) is 6.70. The van der Waals surface area contributed by atoms with Gasteiger partial charge in [-0.05, 0) is 58.9 Å². The van der Waals surface area contributed by atoms with E-state index in [1.54, 1.807) is 28.4 Å². The fourth-order valence-electron chi connectivity index (χ4n) is 4.68. The second-order valence-electron chi connectivity index (χ2n) is 9.18. The number of amides is 1. The lowest BCUT2D eigenvalue weighted by molar-refractivity contribution is -0.402. The monoisotopic (exact) mass is 559 g/mol. The molecule has 10 heteroatoms. The maximum absolute atomic E-state index is 13.2. The lowest BCUT2D eigenvalue weighted by Gasteiger charge is -2.15. The molecule has 0 bridgehead atoms. The molecule has 5 rings (SSSR count). The molecule has 9 nitrogen and oxygen atoms in total. The highest BCUT2D eigenvalue weighted by molar-refractivity contribution is 7.04. The van der Waals surface area contributed by atoms with Crippen molar-refractivity contribution in [2.75, 3.05) is 33.8 Å². The number of benzene rings is 3. The second kappa shape index (κ2) is 11.7. The van der Waals surface area contributed by atoms with Crippen molar-refractivity contribution in [1.82, 2.24) is 9.36 Å². The van der Waals surface area contributed by atoms with E-state index in [-0.39, 0.29) is 5.91 Å². The van der Waals surface area contributed by atoms with Gasteiger partial charge in [0, 0.05) is 34.1 Å². The van der Waals surface area contributed by atoms with Crippen LogP contribution in [0.25, 0.3) is 33.3 Å². The van der Waals surface area contributed by atoms with Gasteiger partial charge in [-0.3, -0.25) is 4.79 Å². The van der Waals surface area contributed by atoms with E-state index in [9.17, 15) is 4.79 Å². The van der Waals surface area contributed by atoms with E-state index in [1.165, 1.54) is 11.5 Å². The molecule has 1 atom stereocenters. The molecule has 5 N–H and O–H groups in total. The van der Waals surface area contributed by atoms with Gasteiger partial charge in [0.1, 0.15) is 5.75 Å². The van der Waals surface area contributed by atoms with Crippen molar-refractivity contribution in [3.63, 3.8) is 0 Å². The first-order valence-electron chi connectivity index (χ1n) is 12.6. The van der Waals surface area contributed by atoms with Crippen LogP contribution in [0, 0.1) is 0 Å². The Morgan fingerprint density at radius 1 is 0.925 bits per heavy atom. The highest BCUT2D eigenvalue weighted by Crippen LogP contribution is 2.44. The van der Waals surface area contributed by atoms with E-state index in [0.717, 1.165) is 39.0 Å². The average Bonchev–Trinajstić information content (AvgIpc) is 3.63. The number of quaternary nitrogens is 1. The van der Waals surface area contributed by atoms with Crippen LogP contribution in [-0.2, 0) is 11.2 Å². The first-order valence-corrected chi connectivity index (χ1v) is 13.4. The van der Waals surface area contributed by atoms with E-state index in [1.807, 2.05) is 60.0 Å². The molecule has 0 aliphatic heterocycles. The van der Waals surface area contributed by atoms with Crippen molar-refractivity contribution in [3.8, 4) is 45.4 Å². The van der Waals surface area contributed by atoms with Crippen LogP contribution >= 0.6 is 11.5 Å². The first kappa shape index (κ1) is 27.0. The predicted molar refractivity (Wildman–Crippen MR) is 157 cm³/mol. The summed E-state index contributed by atoms with van der Waals surface area (Å²) in [6.45, 7) is 0. The number of aromatic nitrogens is 2. The van der Waals surface area contributed by atoms with Crippen LogP contribution in [-0.4, -0.2) is 49.7 Å². The smallest absolute Gasteiger partial charge is 0.283 e. The van der Waals surface area contributed by atoms with Crippen molar-refractivity contribution >= 4 is 34.0 Å². The van der Waals surface area contributed by atoms with Gasteiger partial charge >= 0.3 is 0 Å². The molecule has 3 aromatic carbocycles. The molecule has 0 saturated heterocycles. The van der Waals surface area contributed by atoms with Gasteiger partial charge in [-0.2, -0.15) is 4.37 Å². The number of nitrogens with one attached hydrogen (secondary N) is 2. The maximum atomic E-state index is 13.2. The Morgan fingerprint density at radius 2 is 1.65 bits per heavy atom. The summed E-state index contributed by atoms with van der Waals surface area (Å²) in [5.74, 6) is 1.93. The number of hydrogen-bond donors (Lipinski definition) is 3. The molecule has 0 unspecified atom stereocenters. The number of carbonyl (C=O) groups is 1. The van der Waals surface area contributed by atoms with Gasteiger partial charge in [-0.1, -0.05) is 24.3 Å². The number of hydrogen-bond acceptors (Lipinski definition) is 7. The number of nitrogens with zero attached hydrogens (tertiary/aromatic N) is 1. The number of rotatable bonds is 10. The summed E-state index contributed by atoms with van der Waals surface area (Å²) in [6, 6.07) is 18.9. The topological polar surface area (TPSA) is 122 Å². The normalized spacial score (nSPS) is 11.7. The molecule has 2 heterocycles. The van der Waals surface area contributed by atoms with Gasteiger partial charge in [0.2, 0.25) is 5.75 Å². The maximum Gasteiger partial charge on any atom is 0.283 e. The van der Waals surface area contributed by atoms with Crippen molar-refractivity contribution in [2.45, 2.75) is 12.5 Å². The molecule has 0 saturated carbocycles. The highest BCUT2D eigenvalue weighted by atomic mass is 32.1. The highest BCUT2D eigenvalue weighted by Gasteiger charge is 2.22. The van der Waals surface area contributed by atoms with Crippen LogP contribution in [0.4, 0.5) is 5.69 Å². The third kappa shape index (κ3) is 5.31. The fraction of sp³-hybridized carbons (Fsp3) is 0.200. The van der Waals surface area contributed by atoms with Gasteiger partial charge in [-0.25, -0.2) is 0 Å². The first-order chi connectivity index (χ1) is 19.4. The summed E-state index contributed by atoms with van der Waals surface area (Å²) in [5.41, 5.74) is 9.97. The Kier molecular flexibility index (Phi) is 7.90. The summed E-state index contributed by atoms with van der Waals surface area (Å²) in [4.78, 5) is 16.6. The van der Waals surface area contributed by atoms with Gasteiger partial charge in [0.05, 0.1) is 39.8 Å². The number of H-pyrrole nitrogens is 1. The molecule has 0 spiro atoms. The number of fused-ring (bicyclic) bond motifs is 1. The second-order valence-corrected chi connectivity index (χ2v) is 9.81. The number of para-hydroxylation sites is 1. The minimum Gasteiger partial charge on any atom is -0.495 e. The Morgan fingerprint density at radius 3 is 2.33 bits per heavy atom. The summed E-state index contributed by atoms with van der Waals surface area (Å²) in [7, 11) is 6.30. The molecule has 0 fully saturated rings. The van der Waals surface area contributed by atoms with E-state index in [0.29, 0.717) is 35.1 Å². The van der Waals surface area contributed by atoms with Crippen LogP contribution in [0.5, 0.6) is 23.0 Å². The van der Waals surface area contributed by atoms with Crippen molar-refractivity contribution in [1.29, 1.82) is 0 Å². The zero-order valence-electron chi connectivity index (χ0n) is 22.7. The number of methoxy groups -OCH3 is 4. The molecular weight excluding hydrogens is 528 g/mol. The van der Waals surface area contributed by atoms with Crippen LogP contribution in [0.1, 0.15) is 5.69 Å². The molecule has 5 aromatic rings. The standard InChI is InChI=1S/C30H30N4O5S/c1-36-25-10-9-17(21-16-40-34-28(21)19-13-26(37-2)29(39-4)27(14-19)38-3)12-24(25)33-30(35)22(31)15-20-11-18-7-5-6-8-23(18)32-20/h5-14,16,22,32H,15,31H2,1-4H3,(H,33,35)/p+1/t22-/m0/s1. The van der Waals surface area contributed by atoms with E-state index in [2.05, 4.69) is 26.5 Å². The summed E-state index contributed by atoms with van der Waals surface area (Å²) >= 11 is 1.34. The Labute approximate surface area is 236 Å². The quantitative estimate of drug-likeness (QED) is 0.226. The Hall–Kier alpha value is -4.54. The van der Waals surface area contributed by atoms with Gasteiger partial charge in [-0.15, -0.1) is 0 Å². The van der Waals surface area contributed by atoms with E-state index in [4.69, 9.17) is 18.9 Å². The predicted octanol–water partition coefficient (Wildman–Crippen LogP) is 4.78. The number of anilines is 1. The molecule has 2 aromatic heterocycles. The summed E-state index contributed by atoms with van der Waals surface area (Å²) in [5, 5.41) is 6.08. The lowest BCUT2D eigenvalue weighted by Crippen LogP contribution is -2.67. The Bertz CT molecular complexity index is 1600. The van der Waals surface area contributed by atoms with Crippen LogP contribution in [0.2, 0.25) is 0 Å². The van der Waals surface area contributed by atoms with Crippen LogP contribution in [0.3, 0.4) is 0 Å². The summed E-state index contributed by atoms with van der Waals surface area (Å²) in [6.07, 6.45) is 0.474. The van der Waals surface area contributed by atoms with Crippen LogP contribution < -0.4 is 30.0 Å². The van der Waals surface area contributed by atoms with Gasteiger partial charge in [0.15, 0.2) is 17.5 Å². The number of carbonyl (C=O) groups excluding carboxylic acids is 1. The minimum atomic E-state index is -0.515. The fourth-order valence-corrected chi connectivity index (χ4v) is 5.39. The largest absolute Gasteiger partial charge is 0.495 e. The molecule has 0 aliphatic carbocycles. The van der Waals surface area contributed by atoms with E-state index < -0.39 is 6.04 Å². The van der Waals surface area contributed by atoms with Gasteiger partial charge < -0.3 is 35.0 Å². The minimum absolute atomic E-state index is 0.206. The molecule has 206 valence electrons. The lowest BCUT2D eigenvalue weighted by atomic mass is 10.0. The molecule has 1 amide bonds. The number of aromatic amines is 1. The zero-order chi connectivity index (χ0) is 28.2. The zero-order valence-corrected chi connectivity index (χ0v) is 23.6. The summed E-state index contributed by atoms with van der Waals surface area (Å²) < 4.78 is 26.7. The van der Waals surface area contributed by atoms with Crippen molar-refractivity contribution < 1.29 is 29.5 Å². The van der Waals surface area contributed by atoms with Crippen molar-refractivity contribution in [2.24, 2.45) is 0 Å². The van der Waals surface area contributed by atoms with Crippen molar-refractivity contribution in [3.05, 3.63) is 71.7 Å². The molecular formula is C30H31N4O5S+. The molecule has 40 heavy (non-hydrogen) atoms.